The third kappa shape index (κ3) is 5.18. The van der Waals surface area contributed by atoms with Gasteiger partial charge < -0.3 is 10.4 Å². The van der Waals surface area contributed by atoms with E-state index >= 15 is 4.39 Å². The number of halogens is 5. The summed E-state index contributed by atoms with van der Waals surface area (Å²) in [6, 6.07) is 9.83. The van der Waals surface area contributed by atoms with Gasteiger partial charge in [0.2, 0.25) is 0 Å². The molecule has 2 heterocycles. The minimum Gasteiger partial charge on any atom is -0.481 e. The molecule has 3 aromatic carbocycles. The van der Waals surface area contributed by atoms with E-state index in [9.17, 15) is 35.9 Å². The molecule has 47 heavy (non-hydrogen) atoms. The highest BCUT2D eigenvalue weighted by molar-refractivity contribution is 7.90. The molecule has 2 N–H and O–H groups in total. The van der Waals surface area contributed by atoms with Crippen LogP contribution in [-0.4, -0.2) is 39.5 Å². The molecule has 2 aromatic heterocycles. The molecule has 0 radical (unpaired) electrons. The monoisotopic (exact) mass is 670 g/mol. The highest BCUT2D eigenvalue weighted by Crippen LogP contribution is 2.47. The predicted molar refractivity (Wildman–Crippen MR) is 163 cm³/mol. The Morgan fingerprint density at radius 1 is 0.957 bits per heavy atom. The summed E-state index contributed by atoms with van der Waals surface area (Å²) in [6.45, 7) is 1.75. The largest absolute Gasteiger partial charge is 0.481 e. The summed E-state index contributed by atoms with van der Waals surface area (Å²) < 4.78 is 101. The van der Waals surface area contributed by atoms with Gasteiger partial charge >= 0.3 is 12.1 Å². The van der Waals surface area contributed by atoms with E-state index in [1.807, 2.05) is 0 Å². The van der Waals surface area contributed by atoms with E-state index in [2.05, 4.69) is 15.3 Å². The third-order valence-corrected chi connectivity index (χ3v) is 11.1. The molecule has 2 unspecified atom stereocenters. The van der Waals surface area contributed by atoms with E-state index in [0.717, 1.165) is 49.6 Å². The molecule has 2 atom stereocenters. The molecule has 3 aliphatic rings. The molecular formula is C33H27F5N4O4S. The first-order chi connectivity index (χ1) is 22.2. The lowest BCUT2D eigenvalue weighted by Gasteiger charge is -2.47. The van der Waals surface area contributed by atoms with Crippen LogP contribution in [0.2, 0.25) is 0 Å². The first kappa shape index (κ1) is 31.0. The first-order valence-electron chi connectivity index (χ1n) is 14.9. The Morgan fingerprint density at radius 2 is 1.64 bits per heavy atom. The van der Waals surface area contributed by atoms with Crippen molar-refractivity contribution in [2.24, 2.45) is 17.8 Å². The molecule has 5 aromatic rings. The van der Waals surface area contributed by atoms with Gasteiger partial charge in [0.05, 0.1) is 21.9 Å². The normalized spacial score (nSPS) is 21.4. The van der Waals surface area contributed by atoms with Gasteiger partial charge in [0.15, 0.2) is 11.6 Å². The van der Waals surface area contributed by atoms with Crippen molar-refractivity contribution in [2.75, 3.05) is 5.32 Å². The number of hydrogen-bond acceptors (Lipinski definition) is 6. The van der Waals surface area contributed by atoms with Gasteiger partial charge in [-0.2, -0.15) is 13.2 Å². The Kier molecular flexibility index (Phi) is 7.26. The Hall–Kier alpha value is -4.59. The van der Waals surface area contributed by atoms with Crippen molar-refractivity contribution in [1.29, 1.82) is 0 Å². The highest BCUT2D eigenvalue weighted by atomic mass is 32.2. The summed E-state index contributed by atoms with van der Waals surface area (Å²) >= 11 is 0. The zero-order valence-corrected chi connectivity index (χ0v) is 25.5. The van der Waals surface area contributed by atoms with E-state index in [1.54, 1.807) is 19.1 Å². The fraction of sp³-hybridized carbons (Fsp3) is 0.303. The van der Waals surface area contributed by atoms with Crippen molar-refractivity contribution < 1.29 is 40.3 Å². The van der Waals surface area contributed by atoms with Crippen LogP contribution in [0.3, 0.4) is 0 Å². The number of anilines is 1. The van der Waals surface area contributed by atoms with Crippen LogP contribution >= 0.6 is 0 Å². The second-order valence-corrected chi connectivity index (χ2v) is 14.1. The number of carboxylic acid groups (broad SMARTS) is 1. The van der Waals surface area contributed by atoms with Crippen molar-refractivity contribution in [3.8, 4) is 11.4 Å². The maximum atomic E-state index is 15.4. The number of alkyl halides is 3. The van der Waals surface area contributed by atoms with Crippen molar-refractivity contribution in [3.63, 3.8) is 0 Å². The number of benzene rings is 3. The third-order valence-electron chi connectivity index (χ3n) is 9.44. The fourth-order valence-corrected chi connectivity index (χ4v) is 8.60. The van der Waals surface area contributed by atoms with E-state index in [4.69, 9.17) is 0 Å². The maximum Gasteiger partial charge on any atom is 0.418 e. The Balaban J connectivity index is 1.48. The number of aryl methyl sites for hydroxylation is 1. The fourth-order valence-electron chi connectivity index (χ4n) is 7.22. The zero-order valence-electron chi connectivity index (χ0n) is 24.7. The molecule has 3 saturated carbocycles. The average molecular weight is 671 g/mol. The Bertz CT molecular complexity index is 2180. The molecule has 8 rings (SSSR count). The van der Waals surface area contributed by atoms with Crippen LogP contribution in [0.5, 0.6) is 0 Å². The summed E-state index contributed by atoms with van der Waals surface area (Å²) in [5.41, 5.74) is -1.68. The number of para-hydroxylation sites is 1. The number of carboxylic acids is 1. The van der Waals surface area contributed by atoms with Crippen LogP contribution in [0.4, 0.5) is 27.8 Å². The highest BCUT2D eigenvalue weighted by Gasteiger charge is 2.47. The molecule has 3 fully saturated rings. The summed E-state index contributed by atoms with van der Waals surface area (Å²) in [5, 5.41) is 12.9. The number of hydrogen-bond donors (Lipinski definition) is 2. The van der Waals surface area contributed by atoms with Crippen molar-refractivity contribution in [2.45, 2.75) is 49.7 Å². The van der Waals surface area contributed by atoms with Gasteiger partial charge in [-0.1, -0.05) is 23.8 Å². The van der Waals surface area contributed by atoms with E-state index in [-0.39, 0.29) is 38.9 Å². The number of nitrogens with one attached hydrogen (secondary N) is 1. The SMILES string of the molecule is Cc1ccc(S(=O)(=O)n2cc(-c3nc(NC4C5CCC(CC5)C4C(=O)O)c4cccc(C(F)(F)F)c4n3)c3cc(F)cc(F)c32)cc1. The number of carbonyl (C=O) groups is 1. The van der Waals surface area contributed by atoms with Crippen molar-refractivity contribution in [1.82, 2.24) is 13.9 Å². The lowest BCUT2D eigenvalue weighted by molar-refractivity contribution is -0.148. The van der Waals surface area contributed by atoms with Gasteiger partial charge in [0.1, 0.15) is 17.2 Å². The molecule has 244 valence electrons. The molecule has 0 saturated heterocycles. The summed E-state index contributed by atoms with van der Waals surface area (Å²) in [7, 11) is -4.50. The number of nitrogens with zero attached hydrogens (tertiary/aromatic N) is 3. The standard InChI is InChI=1S/C33H27F5N4O4S/c1-16-5-11-20(12-6-16)47(45,46)42-15-23(22-13-19(34)14-25(35)29(22)42)31-40-28-21(3-2-4-24(28)33(36,37)38)30(41-31)39-27-18-9-7-17(8-10-18)26(27)32(43)44/h2-6,11-15,17-18,26-27H,7-10H2,1H3,(H,43,44)(H,39,40,41). The van der Waals surface area contributed by atoms with Gasteiger partial charge in [0.25, 0.3) is 10.0 Å². The second-order valence-electron chi connectivity index (χ2n) is 12.2. The second kappa shape index (κ2) is 11.0. The van der Waals surface area contributed by atoms with E-state index < -0.39 is 68.2 Å². The number of aromatic nitrogens is 3. The molecule has 0 spiro atoms. The molecule has 0 aliphatic heterocycles. The molecule has 3 aliphatic carbocycles. The number of rotatable bonds is 6. The summed E-state index contributed by atoms with van der Waals surface area (Å²) in [4.78, 5) is 20.9. The van der Waals surface area contributed by atoms with Crippen LogP contribution in [0.1, 0.15) is 36.8 Å². The van der Waals surface area contributed by atoms with Gasteiger partial charge in [-0.25, -0.2) is 31.1 Å². The summed E-state index contributed by atoms with van der Waals surface area (Å²) in [6.07, 6.45) is -0.986. The minimum atomic E-state index is -4.86. The van der Waals surface area contributed by atoms with E-state index in [1.165, 1.54) is 24.3 Å². The molecule has 14 heteroatoms. The molecule has 8 nitrogen and oxygen atoms in total. The lowest BCUT2D eigenvalue weighted by atomic mass is 9.61. The van der Waals surface area contributed by atoms with Crippen molar-refractivity contribution >= 4 is 43.6 Å². The van der Waals surface area contributed by atoms with Crippen LogP contribution in [0, 0.1) is 36.3 Å². The molecular weight excluding hydrogens is 643 g/mol. The van der Waals surface area contributed by atoms with Crippen LogP contribution in [-0.2, 0) is 21.0 Å². The number of fused-ring (bicyclic) bond motifs is 5. The Morgan fingerprint density at radius 3 is 2.30 bits per heavy atom. The quantitative estimate of drug-likeness (QED) is 0.181. The van der Waals surface area contributed by atoms with Crippen LogP contribution in [0.15, 0.2) is 65.7 Å². The average Bonchev–Trinajstić information content (AvgIpc) is 3.41. The maximum absolute atomic E-state index is 15.4. The number of aliphatic carboxylic acids is 1. The van der Waals surface area contributed by atoms with Crippen molar-refractivity contribution in [3.05, 3.63) is 83.6 Å². The predicted octanol–water partition coefficient (Wildman–Crippen LogP) is 7.40. The zero-order chi connectivity index (χ0) is 33.4. The van der Waals surface area contributed by atoms with Gasteiger partial charge in [-0.3, -0.25) is 4.79 Å². The molecule has 2 bridgehead atoms. The lowest BCUT2D eigenvalue weighted by Crippen LogP contribution is -2.51. The smallest absolute Gasteiger partial charge is 0.418 e. The summed E-state index contributed by atoms with van der Waals surface area (Å²) in [5.74, 6) is -4.85. The van der Waals surface area contributed by atoms with Gasteiger partial charge in [0, 0.05) is 34.6 Å². The first-order valence-corrected chi connectivity index (χ1v) is 16.4. The molecule has 0 amide bonds. The van der Waals surface area contributed by atoms with Crippen LogP contribution < -0.4 is 5.32 Å². The Labute approximate surface area is 265 Å². The van der Waals surface area contributed by atoms with Crippen LogP contribution in [0.25, 0.3) is 33.2 Å². The van der Waals surface area contributed by atoms with E-state index in [0.29, 0.717) is 10.0 Å². The topological polar surface area (TPSA) is 114 Å². The minimum absolute atomic E-state index is 0.0393. The van der Waals surface area contributed by atoms with Gasteiger partial charge in [-0.05, 0) is 74.8 Å². The van der Waals surface area contributed by atoms with Gasteiger partial charge in [-0.15, -0.1) is 0 Å².